The van der Waals surface area contributed by atoms with Crippen LogP contribution in [-0.4, -0.2) is 13.1 Å². The van der Waals surface area contributed by atoms with E-state index in [0.29, 0.717) is 0 Å². The molecule has 0 radical (unpaired) electrons. The molecule has 1 heterocycles. The van der Waals surface area contributed by atoms with E-state index in [-0.39, 0.29) is 0 Å². The molecular formula is C11H21N. The van der Waals surface area contributed by atoms with Crippen LogP contribution in [0.5, 0.6) is 0 Å². The Kier molecular flexibility index (Phi) is 2.16. The zero-order valence-corrected chi connectivity index (χ0v) is 8.40. The molecule has 0 unspecified atom stereocenters. The van der Waals surface area contributed by atoms with Crippen LogP contribution in [0.1, 0.15) is 39.5 Å². The van der Waals surface area contributed by atoms with E-state index in [1.807, 2.05) is 0 Å². The summed E-state index contributed by atoms with van der Waals surface area (Å²) in [5.41, 5.74) is 0.741. The third kappa shape index (κ3) is 1.28. The van der Waals surface area contributed by atoms with Crippen molar-refractivity contribution < 1.29 is 0 Å². The summed E-state index contributed by atoms with van der Waals surface area (Å²) in [6.45, 7) is 7.41. The van der Waals surface area contributed by atoms with Crippen LogP contribution < -0.4 is 5.32 Å². The van der Waals surface area contributed by atoms with Gasteiger partial charge in [-0.3, -0.25) is 0 Å². The lowest BCUT2D eigenvalue weighted by molar-refractivity contribution is 0.147. The highest BCUT2D eigenvalue weighted by molar-refractivity contribution is 4.95. The molecule has 0 aromatic heterocycles. The van der Waals surface area contributed by atoms with Gasteiger partial charge in [0.15, 0.2) is 0 Å². The van der Waals surface area contributed by atoms with E-state index >= 15 is 0 Å². The molecule has 1 saturated carbocycles. The largest absolute Gasteiger partial charge is 0.317 e. The van der Waals surface area contributed by atoms with E-state index < -0.39 is 0 Å². The summed E-state index contributed by atoms with van der Waals surface area (Å²) < 4.78 is 0. The van der Waals surface area contributed by atoms with Crippen LogP contribution in [0.3, 0.4) is 0 Å². The third-order valence-corrected chi connectivity index (χ3v) is 4.16. The molecule has 2 aliphatic rings. The van der Waals surface area contributed by atoms with Crippen LogP contribution in [0.15, 0.2) is 0 Å². The highest BCUT2D eigenvalue weighted by Crippen LogP contribution is 2.51. The molecule has 12 heavy (non-hydrogen) atoms. The van der Waals surface area contributed by atoms with Gasteiger partial charge in [-0.1, -0.05) is 13.8 Å². The van der Waals surface area contributed by atoms with Crippen molar-refractivity contribution in [2.75, 3.05) is 13.1 Å². The molecule has 1 spiro atoms. The monoisotopic (exact) mass is 167 g/mol. The van der Waals surface area contributed by atoms with Crippen molar-refractivity contribution >= 4 is 0 Å². The maximum Gasteiger partial charge on any atom is -0.00435 e. The predicted molar refractivity (Wildman–Crippen MR) is 52.1 cm³/mol. The molecule has 1 nitrogen and oxygen atoms in total. The van der Waals surface area contributed by atoms with Crippen LogP contribution >= 0.6 is 0 Å². The first kappa shape index (κ1) is 8.55. The van der Waals surface area contributed by atoms with Gasteiger partial charge in [0.1, 0.15) is 0 Å². The van der Waals surface area contributed by atoms with Crippen molar-refractivity contribution in [3.05, 3.63) is 0 Å². The Balaban J connectivity index is 2.08. The van der Waals surface area contributed by atoms with E-state index in [0.717, 1.165) is 17.3 Å². The fourth-order valence-corrected chi connectivity index (χ4v) is 3.45. The first-order valence-electron chi connectivity index (χ1n) is 5.44. The molecule has 1 heteroatoms. The Morgan fingerprint density at radius 2 is 1.83 bits per heavy atom. The van der Waals surface area contributed by atoms with Crippen molar-refractivity contribution in [2.45, 2.75) is 39.5 Å². The van der Waals surface area contributed by atoms with Gasteiger partial charge in [0, 0.05) is 0 Å². The van der Waals surface area contributed by atoms with Gasteiger partial charge in [0.2, 0.25) is 0 Å². The lowest BCUT2D eigenvalue weighted by Gasteiger charge is -2.38. The minimum Gasteiger partial charge on any atom is -0.317 e. The van der Waals surface area contributed by atoms with Gasteiger partial charge in [-0.2, -0.15) is 0 Å². The average Bonchev–Trinajstić information content (AvgIpc) is 2.29. The van der Waals surface area contributed by atoms with Crippen molar-refractivity contribution in [3.8, 4) is 0 Å². The van der Waals surface area contributed by atoms with Gasteiger partial charge in [-0.05, 0) is 56.0 Å². The minimum absolute atomic E-state index is 0.741. The van der Waals surface area contributed by atoms with E-state index in [9.17, 15) is 0 Å². The lowest BCUT2D eigenvalue weighted by Crippen LogP contribution is -2.38. The standard InChI is InChI=1S/C11H21N/c1-9-7-10(2)11(8-9)3-5-12-6-4-11/h9-10,12H,3-8H2,1-2H3/t9-,10+/m1/s1. The predicted octanol–water partition coefficient (Wildman–Crippen LogP) is 2.42. The maximum absolute atomic E-state index is 3.47. The van der Waals surface area contributed by atoms with Gasteiger partial charge in [0.25, 0.3) is 0 Å². The summed E-state index contributed by atoms with van der Waals surface area (Å²) in [4.78, 5) is 0. The van der Waals surface area contributed by atoms with Gasteiger partial charge >= 0.3 is 0 Å². The second kappa shape index (κ2) is 3.02. The highest BCUT2D eigenvalue weighted by Gasteiger charge is 2.43. The topological polar surface area (TPSA) is 12.0 Å². The van der Waals surface area contributed by atoms with Crippen LogP contribution in [0.25, 0.3) is 0 Å². The van der Waals surface area contributed by atoms with Gasteiger partial charge < -0.3 is 5.32 Å². The normalized spacial score (nSPS) is 40.5. The van der Waals surface area contributed by atoms with Crippen molar-refractivity contribution in [1.29, 1.82) is 0 Å². The van der Waals surface area contributed by atoms with Gasteiger partial charge in [0.05, 0.1) is 0 Å². The average molecular weight is 167 g/mol. The van der Waals surface area contributed by atoms with E-state index in [1.54, 1.807) is 0 Å². The number of hydrogen-bond donors (Lipinski definition) is 1. The SMILES string of the molecule is C[C@@H]1C[C@H](C)C2(CCNCC2)C1. The minimum atomic E-state index is 0.741. The number of rotatable bonds is 0. The zero-order chi connectivity index (χ0) is 8.60. The third-order valence-electron chi connectivity index (χ3n) is 4.16. The molecular weight excluding hydrogens is 146 g/mol. The Morgan fingerprint density at radius 3 is 2.33 bits per heavy atom. The Labute approximate surface area is 75.9 Å². The summed E-state index contributed by atoms with van der Waals surface area (Å²) in [5, 5.41) is 3.47. The number of nitrogens with one attached hydrogen (secondary N) is 1. The fraction of sp³-hybridized carbons (Fsp3) is 1.00. The molecule has 1 aliphatic heterocycles. The first-order valence-corrected chi connectivity index (χ1v) is 5.44. The van der Waals surface area contributed by atoms with E-state index in [2.05, 4.69) is 19.2 Å². The van der Waals surface area contributed by atoms with E-state index in [1.165, 1.54) is 38.8 Å². The molecule has 0 amide bonds. The quantitative estimate of drug-likeness (QED) is 0.584. The summed E-state index contributed by atoms with van der Waals surface area (Å²) >= 11 is 0. The molecule has 0 aromatic carbocycles. The Hall–Kier alpha value is -0.0400. The molecule has 1 N–H and O–H groups in total. The second-order valence-electron chi connectivity index (χ2n) is 5.06. The smallest absolute Gasteiger partial charge is 0.00435 e. The van der Waals surface area contributed by atoms with Gasteiger partial charge in [-0.25, -0.2) is 0 Å². The first-order chi connectivity index (χ1) is 5.73. The number of hydrogen-bond acceptors (Lipinski definition) is 1. The summed E-state index contributed by atoms with van der Waals surface area (Å²) in [7, 11) is 0. The van der Waals surface area contributed by atoms with Crippen LogP contribution in [0.2, 0.25) is 0 Å². The summed E-state index contributed by atoms with van der Waals surface area (Å²) in [5.74, 6) is 1.97. The maximum atomic E-state index is 3.47. The Bertz CT molecular complexity index is 158. The molecule has 70 valence electrons. The zero-order valence-electron chi connectivity index (χ0n) is 8.40. The summed E-state index contributed by atoms with van der Waals surface area (Å²) in [6.07, 6.45) is 5.83. The molecule has 0 bridgehead atoms. The summed E-state index contributed by atoms with van der Waals surface area (Å²) in [6, 6.07) is 0. The number of piperidine rings is 1. The van der Waals surface area contributed by atoms with Crippen LogP contribution in [0.4, 0.5) is 0 Å². The molecule has 2 fully saturated rings. The second-order valence-corrected chi connectivity index (χ2v) is 5.06. The molecule has 1 saturated heterocycles. The van der Waals surface area contributed by atoms with Crippen LogP contribution in [0, 0.1) is 17.3 Å². The van der Waals surface area contributed by atoms with E-state index in [4.69, 9.17) is 0 Å². The fourth-order valence-electron chi connectivity index (χ4n) is 3.45. The molecule has 0 aromatic rings. The van der Waals surface area contributed by atoms with Crippen molar-refractivity contribution in [1.82, 2.24) is 5.32 Å². The Morgan fingerprint density at radius 1 is 1.17 bits per heavy atom. The van der Waals surface area contributed by atoms with Crippen molar-refractivity contribution in [3.63, 3.8) is 0 Å². The van der Waals surface area contributed by atoms with Crippen molar-refractivity contribution in [2.24, 2.45) is 17.3 Å². The molecule has 1 aliphatic carbocycles. The van der Waals surface area contributed by atoms with Crippen LogP contribution in [-0.2, 0) is 0 Å². The molecule has 2 atom stereocenters. The lowest BCUT2D eigenvalue weighted by atomic mass is 9.71. The highest BCUT2D eigenvalue weighted by atomic mass is 14.9. The molecule has 2 rings (SSSR count). The van der Waals surface area contributed by atoms with Gasteiger partial charge in [-0.15, -0.1) is 0 Å².